The Morgan fingerprint density at radius 2 is 1.76 bits per heavy atom. The van der Waals surface area contributed by atoms with Crippen molar-refractivity contribution in [2.75, 3.05) is 6.26 Å². The highest BCUT2D eigenvalue weighted by Gasteiger charge is 2.46. The second-order valence-corrected chi connectivity index (χ2v) is 6.39. The average molecular weight is 255 g/mol. The monoisotopic (exact) mass is 255 g/mol. The maximum absolute atomic E-state index is 11.8. The number of hydrogen-bond acceptors (Lipinski definition) is 4. The van der Waals surface area contributed by atoms with Crippen molar-refractivity contribution in [2.45, 2.75) is 19.9 Å². The van der Waals surface area contributed by atoms with Crippen molar-refractivity contribution in [2.24, 2.45) is 5.92 Å². The first-order chi connectivity index (χ1) is 7.73. The maximum Gasteiger partial charge on any atom is 0.232 e. The Labute approximate surface area is 99.8 Å². The van der Waals surface area contributed by atoms with Crippen LogP contribution in [0.2, 0.25) is 0 Å². The van der Waals surface area contributed by atoms with Crippen molar-refractivity contribution in [3.63, 3.8) is 0 Å². The van der Waals surface area contributed by atoms with Crippen LogP contribution in [0.25, 0.3) is 0 Å². The molecule has 0 saturated heterocycles. The molecule has 92 valence electrons. The lowest BCUT2D eigenvalue weighted by Crippen LogP contribution is -2.44. The van der Waals surface area contributed by atoms with Crippen LogP contribution < -0.4 is 0 Å². The number of allylic oxidation sites excluding steroid dienone is 1. The number of Topliss-reactive ketones (excluding diaryl/α,β-unsaturated/α-hetero) is 1. The smallest absolute Gasteiger partial charge is 0.232 e. The van der Waals surface area contributed by atoms with Crippen LogP contribution in [0.15, 0.2) is 23.4 Å². The van der Waals surface area contributed by atoms with Gasteiger partial charge < -0.3 is 0 Å². The quantitative estimate of drug-likeness (QED) is 0.630. The van der Waals surface area contributed by atoms with Crippen LogP contribution in [-0.2, 0) is 19.6 Å². The predicted molar refractivity (Wildman–Crippen MR) is 61.5 cm³/mol. The zero-order chi connectivity index (χ0) is 13.0. The van der Waals surface area contributed by atoms with Crippen LogP contribution in [0.1, 0.15) is 13.8 Å². The SMILES string of the molecule is CC1=CN(S(C)(=O)=O)C2C(C)=CC(=O)C(=O)C12. The third kappa shape index (κ3) is 1.72. The molecule has 1 heterocycles. The second kappa shape index (κ2) is 3.53. The van der Waals surface area contributed by atoms with Gasteiger partial charge in [-0.1, -0.05) is 0 Å². The highest BCUT2D eigenvalue weighted by molar-refractivity contribution is 7.88. The molecule has 2 rings (SSSR count). The number of ketones is 2. The molecule has 1 aliphatic carbocycles. The fourth-order valence-corrected chi connectivity index (χ4v) is 3.45. The molecular formula is C11H13NO4S. The Kier molecular flexibility index (Phi) is 2.50. The molecule has 0 radical (unpaired) electrons. The van der Waals surface area contributed by atoms with Gasteiger partial charge in [0.1, 0.15) is 0 Å². The molecule has 0 aromatic carbocycles. The van der Waals surface area contributed by atoms with Gasteiger partial charge in [-0.3, -0.25) is 13.9 Å². The van der Waals surface area contributed by atoms with Crippen LogP contribution in [0.4, 0.5) is 0 Å². The summed E-state index contributed by atoms with van der Waals surface area (Å²) in [6.45, 7) is 3.35. The van der Waals surface area contributed by atoms with E-state index in [0.717, 1.165) is 6.26 Å². The van der Waals surface area contributed by atoms with E-state index >= 15 is 0 Å². The van der Waals surface area contributed by atoms with Gasteiger partial charge >= 0.3 is 0 Å². The number of fused-ring (bicyclic) bond motifs is 1. The van der Waals surface area contributed by atoms with Crippen LogP contribution >= 0.6 is 0 Å². The standard InChI is InChI=1S/C11H13NO4S/c1-6-4-8(13)11(14)9-7(2)5-12(10(6)9)17(3,15)16/h4-5,9-10H,1-3H3. The summed E-state index contributed by atoms with van der Waals surface area (Å²) >= 11 is 0. The summed E-state index contributed by atoms with van der Waals surface area (Å²) in [5.41, 5.74) is 1.23. The van der Waals surface area contributed by atoms with E-state index in [2.05, 4.69) is 0 Å². The van der Waals surface area contributed by atoms with Crippen molar-refractivity contribution in [3.8, 4) is 0 Å². The lowest BCUT2D eigenvalue weighted by molar-refractivity contribution is -0.136. The van der Waals surface area contributed by atoms with Crippen molar-refractivity contribution in [3.05, 3.63) is 23.4 Å². The fraction of sp³-hybridized carbons (Fsp3) is 0.455. The van der Waals surface area contributed by atoms with Gasteiger partial charge in [-0.05, 0) is 31.1 Å². The number of hydrogen-bond donors (Lipinski definition) is 0. The lowest BCUT2D eigenvalue weighted by Gasteiger charge is -2.30. The van der Waals surface area contributed by atoms with Crippen LogP contribution in [0.3, 0.4) is 0 Å². The molecule has 0 saturated carbocycles. The molecule has 0 amide bonds. The minimum Gasteiger partial charge on any atom is -0.290 e. The normalized spacial score (nSPS) is 29.0. The summed E-state index contributed by atoms with van der Waals surface area (Å²) in [6, 6.07) is -0.560. The number of nitrogens with zero attached hydrogens (tertiary/aromatic N) is 1. The van der Waals surface area contributed by atoms with Gasteiger partial charge in [0.15, 0.2) is 0 Å². The minimum absolute atomic E-state index is 0.527. The summed E-state index contributed by atoms with van der Waals surface area (Å²) in [5, 5.41) is 0. The predicted octanol–water partition coefficient (Wildman–Crippen LogP) is 0.248. The topological polar surface area (TPSA) is 71.5 Å². The largest absolute Gasteiger partial charge is 0.290 e. The van der Waals surface area contributed by atoms with E-state index in [9.17, 15) is 18.0 Å². The molecule has 0 bridgehead atoms. The first-order valence-corrected chi connectivity index (χ1v) is 7.01. The molecule has 0 aromatic heterocycles. The molecule has 0 aromatic rings. The first kappa shape index (κ1) is 12.0. The molecule has 1 aliphatic heterocycles. The molecule has 0 N–H and O–H groups in total. The molecule has 2 unspecified atom stereocenters. The molecule has 2 aliphatic rings. The van der Waals surface area contributed by atoms with Crippen molar-refractivity contribution < 1.29 is 18.0 Å². The van der Waals surface area contributed by atoms with E-state index in [1.165, 1.54) is 16.6 Å². The van der Waals surface area contributed by atoms with Gasteiger partial charge in [-0.15, -0.1) is 0 Å². The second-order valence-electron chi connectivity index (χ2n) is 4.51. The van der Waals surface area contributed by atoms with Crippen molar-refractivity contribution >= 4 is 21.6 Å². The van der Waals surface area contributed by atoms with E-state index in [0.29, 0.717) is 11.1 Å². The van der Waals surface area contributed by atoms with Crippen molar-refractivity contribution in [1.29, 1.82) is 0 Å². The van der Waals surface area contributed by atoms with E-state index in [-0.39, 0.29) is 0 Å². The highest BCUT2D eigenvalue weighted by atomic mass is 32.2. The van der Waals surface area contributed by atoms with Gasteiger partial charge in [0, 0.05) is 6.20 Å². The third-order valence-electron chi connectivity index (χ3n) is 3.14. The summed E-state index contributed by atoms with van der Waals surface area (Å²) < 4.78 is 24.4. The molecule has 17 heavy (non-hydrogen) atoms. The molecule has 6 heteroatoms. The zero-order valence-corrected chi connectivity index (χ0v) is 10.6. The van der Waals surface area contributed by atoms with Crippen LogP contribution in [0.5, 0.6) is 0 Å². The Hall–Kier alpha value is -1.43. The number of sulfonamides is 1. The average Bonchev–Trinajstić information content (AvgIpc) is 2.53. The molecule has 0 fully saturated rings. The van der Waals surface area contributed by atoms with E-state index < -0.39 is 33.5 Å². The Morgan fingerprint density at radius 3 is 2.29 bits per heavy atom. The van der Waals surface area contributed by atoms with Gasteiger partial charge in [-0.25, -0.2) is 8.42 Å². The van der Waals surface area contributed by atoms with E-state index in [1.807, 2.05) is 0 Å². The van der Waals surface area contributed by atoms with E-state index in [4.69, 9.17) is 0 Å². The number of carbonyl (C=O) groups is 2. The van der Waals surface area contributed by atoms with Gasteiger partial charge in [0.2, 0.25) is 21.6 Å². The Balaban J connectivity index is 2.57. The fourth-order valence-electron chi connectivity index (χ4n) is 2.39. The lowest BCUT2D eigenvalue weighted by atomic mass is 9.81. The van der Waals surface area contributed by atoms with Gasteiger partial charge in [0.05, 0.1) is 18.2 Å². The third-order valence-corrected chi connectivity index (χ3v) is 4.24. The van der Waals surface area contributed by atoms with Gasteiger partial charge in [0.25, 0.3) is 0 Å². The maximum atomic E-state index is 11.8. The van der Waals surface area contributed by atoms with Crippen molar-refractivity contribution in [1.82, 2.24) is 4.31 Å². The number of carbonyl (C=O) groups excluding carboxylic acids is 2. The van der Waals surface area contributed by atoms with Crippen LogP contribution in [0, 0.1) is 5.92 Å². The zero-order valence-electron chi connectivity index (χ0n) is 9.80. The summed E-state index contributed by atoms with van der Waals surface area (Å²) in [5.74, 6) is -1.73. The van der Waals surface area contributed by atoms with E-state index in [1.54, 1.807) is 13.8 Å². The van der Waals surface area contributed by atoms with Crippen LogP contribution in [-0.4, -0.2) is 36.6 Å². The highest BCUT2D eigenvalue weighted by Crippen LogP contribution is 2.37. The Bertz CT molecular complexity index is 570. The van der Waals surface area contributed by atoms with Gasteiger partial charge in [-0.2, -0.15) is 0 Å². The Morgan fingerprint density at radius 1 is 1.18 bits per heavy atom. The molecular weight excluding hydrogens is 242 g/mol. The summed E-state index contributed by atoms with van der Waals surface area (Å²) in [6.07, 6.45) is 3.76. The summed E-state index contributed by atoms with van der Waals surface area (Å²) in [4.78, 5) is 23.2. The summed E-state index contributed by atoms with van der Waals surface area (Å²) in [7, 11) is -3.43. The molecule has 2 atom stereocenters. The minimum atomic E-state index is -3.43. The first-order valence-electron chi connectivity index (χ1n) is 5.16. The molecule has 5 nitrogen and oxygen atoms in total. The number of rotatable bonds is 1. The molecule has 0 spiro atoms.